The second kappa shape index (κ2) is 5.92. The van der Waals surface area contributed by atoms with Crippen molar-refractivity contribution in [3.8, 4) is 0 Å². The highest BCUT2D eigenvalue weighted by Gasteiger charge is 2.26. The first-order valence-corrected chi connectivity index (χ1v) is 8.10. The molecule has 0 aromatic carbocycles. The van der Waals surface area contributed by atoms with Gasteiger partial charge < -0.3 is 10.0 Å². The van der Waals surface area contributed by atoms with E-state index >= 15 is 0 Å². The zero-order valence-corrected chi connectivity index (χ0v) is 13.0. The highest BCUT2D eigenvalue weighted by Crippen LogP contribution is 2.24. The van der Waals surface area contributed by atoms with E-state index < -0.39 is 5.97 Å². The number of piperidine rings is 1. The maximum absolute atomic E-state index is 12.5. The number of thiophene rings is 1. The van der Waals surface area contributed by atoms with Crippen LogP contribution in [0.2, 0.25) is 0 Å². The predicted molar refractivity (Wildman–Crippen MR) is 82.4 cm³/mol. The van der Waals surface area contributed by atoms with Gasteiger partial charge in [-0.25, -0.2) is 4.79 Å². The number of likely N-dealkylation sites (tertiary alicyclic amines) is 1. The van der Waals surface area contributed by atoms with Crippen molar-refractivity contribution in [2.45, 2.75) is 25.8 Å². The Kier molecular flexibility index (Phi) is 3.98. The van der Waals surface area contributed by atoms with E-state index in [1.165, 1.54) is 6.20 Å². The summed E-state index contributed by atoms with van der Waals surface area (Å²) in [5.74, 6) is -0.879. The third kappa shape index (κ3) is 2.76. The monoisotopic (exact) mass is 319 g/mol. The Morgan fingerprint density at radius 1 is 1.32 bits per heavy atom. The Hall–Kier alpha value is -2.15. The molecule has 1 saturated heterocycles. The van der Waals surface area contributed by atoms with Crippen molar-refractivity contribution in [3.05, 3.63) is 39.8 Å². The van der Waals surface area contributed by atoms with E-state index in [4.69, 9.17) is 5.11 Å². The molecule has 2 aromatic heterocycles. The van der Waals surface area contributed by atoms with E-state index in [9.17, 15) is 9.59 Å². The largest absolute Gasteiger partial charge is 0.478 e. The third-order valence-corrected chi connectivity index (χ3v) is 4.92. The summed E-state index contributed by atoms with van der Waals surface area (Å²) in [5, 5.41) is 16.9. The lowest BCUT2D eigenvalue weighted by molar-refractivity contribution is 0.0688. The molecule has 0 unspecified atom stereocenters. The summed E-state index contributed by atoms with van der Waals surface area (Å²) in [7, 11) is 0. The molecule has 0 aliphatic carbocycles. The summed E-state index contributed by atoms with van der Waals surface area (Å²) in [6.45, 7) is 3.29. The van der Waals surface area contributed by atoms with E-state index in [2.05, 4.69) is 5.10 Å². The molecule has 7 heteroatoms. The SMILES string of the molecule is Cc1cscc1C(=O)N1CCC(n2cc(C(=O)O)cn2)CC1. The molecule has 1 aliphatic heterocycles. The number of rotatable bonds is 3. The van der Waals surface area contributed by atoms with Gasteiger partial charge in [0.2, 0.25) is 0 Å². The fourth-order valence-electron chi connectivity index (χ4n) is 2.73. The number of carboxylic acids is 1. The van der Waals surface area contributed by atoms with Crippen LogP contribution in [0, 0.1) is 6.92 Å². The van der Waals surface area contributed by atoms with Crippen molar-refractivity contribution in [2.75, 3.05) is 13.1 Å². The lowest BCUT2D eigenvalue weighted by Gasteiger charge is -2.32. The molecule has 22 heavy (non-hydrogen) atoms. The quantitative estimate of drug-likeness (QED) is 0.943. The maximum atomic E-state index is 12.5. The third-order valence-electron chi connectivity index (χ3n) is 4.06. The summed E-state index contributed by atoms with van der Waals surface area (Å²) in [5.41, 5.74) is 2.01. The molecule has 6 nitrogen and oxygen atoms in total. The summed E-state index contributed by atoms with van der Waals surface area (Å²) in [4.78, 5) is 25.2. The van der Waals surface area contributed by atoms with Crippen molar-refractivity contribution in [1.82, 2.24) is 14.7 Å². The number of hydrogen-bond donors (Lipinski definition) is 1. The van der Waals surface area contributed by atoms with Crippen molar-refractivity contribution < 1.29 is 14.7 Å². The lowest BCUT2D eigenvalue weighted by atomic mass is 10.0. The van der Waals surface area contributed by atoms with Gasteiger partial charge in [-0.05, 0) is 30.7 Å². The van der Waals surface area contributed by atoms with Gasteiger partial charge in [-0.15, -0.1) is 0 Å². The second-order valence-electron chi connectivity index (χ2n) is 5.51. The zero-order valence-electron chi connectivity index (χ0n) is 12.2. The standard InChI is InChI=1S/C15H17N3O3S/c1-10-8-22-9-13(10)14(19)17-4-2-12(3-5-17)18-7-11(6-16-18)15(20)21/h6-9,12H,2-5H2,1H3,(H,20,21). The van der Waals surface area contributed by atoms with Crippen LogP contribution in [-0.2, 0) is 0 Å². The van der Waals surface area contributed by atoms with Crippen molar-refractivity contribution in [1.29, 1.82) is 0 Å². The van der Waals surface area contributed by atoms with Gasteiger partial charge in [-0.1, -0.05) is 0 Å². The van der Waals surface area contributed by atoms with Crippen molar-refractivity contribution in [2.24, 2.45) is 0 Å². The molecule has 0 saturated carbocycles. The predicted octanol–water partition coefficient (Wildman–Crippen LogP) is 2.43. The smallest absolute Gasteiger partial charge is 0.338 e. The van der Waals surface area contributed by atoms with Gasteiger partial charge in [0.15, 0.2) is 0 Å². The van der Waals surface area contributed by atoms with Crippen LogP contribution in [0.1, 0.15) is 45.2 Å². The Labute approximate surface area is 132 Å². The number of nitrogens with zero attached hydrogens (tertiary/aromatic N) is 3. The van der Waals surface area contributed by atoms with Gasteiger partial charge in [0, 0.05) is 24.7 Å². The molecule has 0 atom stereocenters. The number of aromatic nitrogens is 2. The first-order chi connectivity index (χ1) is 10.6. The van der Waals surface area contributed by atoms with E-state index in [1.54, 1.807) is 22.2 Å². The minimum Gasteiger partial charge on any atom is -0.478 e. The van der Waals surface area contributed by atoms with Gasteiger partial charge in [0.1, 0.15) is 0 Å². The number of amides is 1. The van der Waals surface area contributed by atoms with Crippen LogP contribution in [0.5, 0.6) is 0 Å². The van der Waals surface area contributed by atoms with Crippen LogP contribution < -0.4 is 0 Å². The van der Waals surface area contributed by atoms with Crippen LogP contribution >= 0.6 is 11.3 Å². The number of aromatic carboxylic acids is 1. The van der Waals surface area contributed by atoms with E-state index in [1.807, 2.05) is 22.6 Å². The molecule has 2 aromatic rings. The van der Waals surface area contributed by atoms with Gasteiger partial charge in [0.25, 0.3) is 5.91 Å². The molecule has 1 aliphatic rings. The Morgan fingerprint density at radius 3 is 2.59 bits per heavy atom. The molecule has 0 radical (unpaired) electrons. The summed E-state index contributed by atoms with van der Waals surface area (Å²) >= 11 is 1.54. The highest BCUT2D eigenvalue weighted by atomic mass is 32.1. The second-order valence-corrected chi connectivity index (χ2v) is 6.25. The molecule has 1 N–H and O–H groups in total. The average Bonchev–Trinajstić information content (AvgIpc) is 3.15. The molecule has 1 fully saturated rings. The summed E-state index contributed by atoms with van der Waals surface area (Å²) < 4.78 is 1.71. The number of aryl methyl sites for hydroxylation is 1. The normalized spacial score (nSPS) is 16.0. The fraction of sp³-hybridized carbons (Fsp3) is 0.400. The Morgan fingerprint density at radius 2 is 2.05 bits per heavy atom. The van der Waals surface area contributed by atoms with E-state index in [0.29, 0.717) is 13.1 Å². The van der Waals surface area contributed by atoms with Crippen molar-refractivity contribution >= 4 is 23.2 Å². The minimum absolute atomic E-state index is 0.0869. The molecule has 1 amide bonds. The molecule has 116 valence electrons. The van der Waals surface area contributed by atoms with Crippen LogP contribution in [0.15, 0.2) is 23.2 Å². The number of hydrogen-bond acceptors (Lipinski definition) is 4. The van der Waals surface area contributed by atoms with E-state index in [0.717, 1.165) is 24.0 Å². The fourth-order valence-corrected chi connectivity index (χ4v) is 3.55. The van der Waals surface area contributed by atoms with Gasteiger partial charge in [-0.2, -0.15) is 16.4 Å². The first kappa shape index (κ1) is 14.8. The topological polar surface area (TPSA) is 75.4 Å². The zero-order chi connectivity index (χ0) is 15.7. The van der Waals surface area contributed by atoms with Crippen LogP contribution in [-0.4, -0.2) is 44.8 Å². The molecule has 3 heterocycles. The molecular formula is C15H17N3O3S. The van der Waals surface area contributed by atoms with Gasteiger partial charge in [-0.3, -0.25) is 9.48 Å². The molecule has 0 bridgehead atoms. The maximum Gasteiger partial charge on any atom is 0.338 e. The molecule has 0 spiro atoms. The van der Waals surface area contributed by atoms with E-state index in [-0.39, 0.29) is 17.5 Å². The van der Waals surface area contributed by atoms with Gasteiger partial charge >= 0.3 is 5.97 Å². The summed E-state index contributed by atoms with van der Waals surface area (Å²) in [6.07, 6.45) is 4.51. The number of carbonyl (C=O) groups excluding carboxylic acids is 1. The first-order valence-electron chi connectivity index (χ1n) is 7.16. The lowest BCUT2D eigenvalue weighted by Crippen LogP contribution is -2.39. The Bertz CT molecular complexity index is 698. The Balaban J connectivity index is 1.63. The van der Waals surface area contributed by atoms with Crippen molar-refractivity contribution in [3.63, 3.8) is 0 Å². The van der Waals surface area contributed by atoms with Crippen LogP contribution in [0.4, 0.5) is 0 Å². The van der Waals surface area contributed by atoms with Crippen LogP contribution in [0.25, 0.3) is 0 Å². The minimum atomic E-state index is -0.966. The summed E-state index contributed by atoms with van der Waals surface area (Å²) in [6, 6.07) is 0.153. The number of carboxylic acid groups (broad SMARTS) is 1. The van der Waals surface area contributed by atoms with Gasteiger partial charge in [0.05, 0.1) is 23.4 Å². The molecule has 3 rings (SSSR count). The molecular weight excluding hydrogens is 302 g/mol. The van der Waals surface area contributed by atoms with Crippen LogP contribution in [0.3, 0.4) is 0 Å². The highest BCUT2D eigenvalue weighted by molar-refractivity contribution is 7.08. The average molecular weight is 319 g/mol. The number of carbonyl (C=O) groups is 2.